The molecule has 0 bridgehead atoms. The quantitative estimate of drug-likeness (QED) is 0.583. The van der Waals surface area contributed by atoms with Crippen LogP contribution in [0.1, 0.15) is 5.56 Å². The van der Waals surface area contributed by atoms with Gasteiger partial charge in [0.1, 0.15) is 5.82 Å². The van der Waals surface area contributed by atoms with E-state index in [1.54, 1.807) is 6.07 Å². The molecule has 0 saturated carbocycles. The van der Waals surface area contributed by atoms with Crippen molar-refractivity contribution in [2.75, 3.05) is 0 Å². The number of halogens is 3. The summed E-state index contributed by atoms with van der Waals surface area (Å²) in [7, 11) is 0. The average Bonchev–Trinajstić information content (AvgIpc) is 2.75. The van der Waals surface area contributed by atoms with Gasteiger partial charge in [-0.3, -0.25) is 0 Å². The molecule has 0 atom stereocenters. The molecule has 0 spiro atoms. The predicted molar refractivity (Wildman–Crippen MR) is 77.6 cm³/mol. The van der Waals surface area contributed by atoms with E-state index in [0.717, 1.165) is 15.8 Å². The molecule has 3 aromatic rings. The van der Waals surface area contributed by atoms with Gasteiger partial charge < -0.3 is 0 Å². The molecular weight excluding hydrogens is 306 g/mol. The fourth-order valence-corrected chi connectivity index (χ4v) is 3.05. The van der Waals surface area contributed by atoms with Crippen molar-refractivity contribution in [2.45, 2.75) is 6.92 Å². The van der Waals surface area contributed by atoms with Crippen LogP contribution in [0.15, 0.2) is 23.6 Å². The number of nitrogens with zero attached hydrogens (tertiary/aromatic N) is 2. The van der Waals surface area contributed by atoms with E-state index in [-0.39, 0.29) is 5.02 Å². The lowest BCUT2D eigenvalue weighted by Gasteiger charge is -2.03. The van der Waals surface area contributed by atoms with Gasteiger partial charge in [-0.25, -0.2) is 14.4 Å². The Morgan fingerprint density at radius 3 is 2.74 bits per heavy atom. The summed E-state index contributed by atoms with van der Waals surface area (Å²) < 4.78 is 14.3. The Kier molecular flexibility index (Phi) is 3.17. The number of thiophene rings is 1. The third-order valence-corrected chi connectivity index (χ3v) is 4.51. The molecule has 96 valence electrons. The van der Waals surface area contributed by atoms with Gasteiger partial charge in [-0.1, -0.05) is 23.2 Å². The minimum atomic E-state index is -0.499. The summed E-state index contributed by atoms with van der Waals surface area (Å²) in [6.07, 6.45) is 0. The molecule has 3 rings (SSSR count). The van der Waals surface area contributed by atoms with Crippen molar-refractivity contribution in [1.29, 1.82) is 0 Å². The van der Waals surface area contributed by atoms with Crippen molar-refractivity contribution in [3.63, 3.8) is 0 Å². The van der Waals surface area contributed by atoms with Gasteiger partial charge >= 0.3 is 0 Å². The lowest BCUT2D eigenvalue weighted by Crippen LogP contribution is -1.91. The summed E-state index contributed by atoms with van der Waals surface area (Å²) >= 11 is 13.3. The van der Waals surface area contributed by atoms with Crippen molar-refractivity contribution in [1.82, 2.24) is 9.97 Å². The van der Waals surface area contributed by atoms with Crippen LogP contribution in [0.2, 0.25) is 10.2 Å². The third kappa shape index (κ3) is 2.20. The monoisotopic (exact) mass is 312 g/mol. The fraction of sp³-hybridized carbons (Fsp3) is 0.0769. The van der Waals surface area contributed by atoms with Crippen LogP contribution in [0.25, 0.3) is 21.6 Å². The van der Waals surface area contributed by atoms with E-state index in [2.05, 4.69) is 9.97 Å². The predicted octanol–water partition coefficient (Wildman–Crippen LogP) is 5.11. The Hall–Kier alpha value is -1.23. The molecule has 2 nitrogen and oxygen atoms in total. The number of benzene rings is 1. The maximum atomic E-state index is 13.5. The van der Waals surface area contributed by atoms with Crippen LogP contribution in [-0.4, -0.2) is 9.97 Å². The highest BCUT2D eigenvalue weighted by molar-refractivity contribution is 7.18. The zero-order valence-electron chi connectivity index (χ0n) is 9.75. The van der Waals surface area contributed by atoms with Gasteiger partial charge in [-0.05, 0) is 36.1 Å². The molecule has 0 aliphatic rings. The number of aromatic nitrogens is 2. The summed E-state index contributed by atoms with van der Waals surface area (Å²) in [6.45, 7) is 1.95. The van der Waals surface area contributed by atoms with Crippen molar-refractivity contribution in [3.05, 3.63) is 45.1 Å². The van der Waals surface area contributed by atoms with Crippen molar-refractivity contribution in [3.8, 4) is 11.4 Å². The largest absolute Gasteiger partial charge is 0.227 e. The first-order chi connectivity index (χ1) is 9.06. The number of rotatable bonds is 1. The summed E-state index contributed by atoms with van der Waals surface area (Å²) in [5.41, 5.74) is 2.38. The first kappa shape index (κ1) is 12.8. The van der Waals surface area contributed by atoms with Crippen LogP contribution < -0.4 is 0 Å². The Bertz CT molecular complexity index is 786. The summed E-state index contributed by atoms with van der Waals surface area (Å²) in [5.74, 6) is -0.101. The van der Waals surface area contributed by atoms with Gasteiger partial charge in [0, 0.05) is 5.56 Å². The molecule has 0 N–H and O–H groups in total. The van der Waals surface area contributed by atoms with E-state index in [4.69, 9.17) is 23.2 Å². The van der Waals surface area contributed by atoms with Crippen molar-refractivity contribution in [2.24, 2.45) is 0 Å². The van der Waals surface area contributed by atoms with Crippen molar-refractivity contribution >= 4 is 44.8 Å². The van der Waals surface area contributed by atoms with Crippen LogP contribution >= 0.6 is 34.5 Å². The fourth-order valence-electron chi connectivity index (χ4n) is 1.76. The van der Waals surface area contributed by atoms with Crippen LogP contribution in [0, 0.1) is 12.7 Å². The molecule has 0 radical (unpaired) electrons. The van der Waals surface area contributed by atoms with E-state index < -0.39 is 5.82 Å². The number of hydrogen-bond acceptors (Lipinski definition) is 3. The minimum absolute atomic E-state index is 0.0719. The second-order valence-corrected chi connectivity index (χ2v) is 5.71. The first-order valence-corrected chi connectivity index (χ1v) is 7.06. The average molecular weight is 313 g/mol. The zero-order chi connectivity index (χ0) is 13.6. The molecular formula is C13H7Cl2FN2S. The SMILES string of the molecule is Cc1csc2c(Cl)nc(-c3ccc(Cl)c(F)c3)nc12. The summed E-state index contributed by atoms with van der Waals surface area (Å²) in [6, 6.07) is 4.46. The molecule has 2 aromatic heterocycles. The molecule has 6 heteroatoms. The van der Waals surface area contributed by atoms with Gasteiger partial charge in [-0.2, -0.15) is 0 Å². The molecule has 0 aliphatic heterocycles. The van der Waals surface area contributed by atoms with E-state index >= 15 is 0 Å². The van der Waals surface area contributed by atoms with E-state index in [9.17, 15) is 4.39 Å². The van der Waals surface area contributed by atoms with Crippen LogP contribution in [0.4, 0.5) is 4.39 Å². The van der Waals surface area contributed by atoms with Gasteiger partial charge in [0.15, 0.2) is 11.0 Å². The van der Waals surface area contributed by atoms with Gasteiger partial charge in [0.05, 0.1) is 15.2 Å². The Labute approximate surface area is 122 Å². The first-order valence-electron chi connectivity index (χ1n) is 5.43. The molecule has 19 heavy (non-hydrogen) atoms. The molecule has 1 aromatic carbocycles. The summed E-state index contributed by atoms with van der Waals surface area (Å²) in [4.78, 5) is 8.65. The number of aryl methyl sites for hydroxylation is 1. The number of hydrogen-bond donors (Lipinski definition) is 0. The summed E-state index contributed by atoms with van der Waals surface area (Å²) in [5, 5.41) is 2.42. The van der Waals surface area contributed by atoms with Crippen molar-refractivity contribution < 1.29 is 4.39 Å². The number of fused-ring (bicyclic) bond motifs is 1. The third-order valence-electron chi connectivity index (χ3n) is 2.73. The maximum Gasteiger partial charge on any atom is 0.161 e. The van der Waals surface area contributed by atoms with Gasteiger partial charge in [0.2, 0.25) is 0 Å². The molecule has 0 saturated heterocycles. The standard InChI is InChI=1S/C13H7Cl2FN2S/c1-6-5-19-11-10(6)17-13(18-12(11)15)7-2-3-8(14)9(16)4-7/h2-5H,1H3. The Morgan fingerprint density at radius 2 is 2.00 bits per heavy atom. The highest BCUT2D eigenvalue weighted by Gasteiger charge is 2.12. The molecule has 0 unspecified atom stereocenters. The second-order valence-electron chi connectivity index (χ2n) is 4.06. The Balaban J connectivity index is 2.24. The van der Waals surface area contributed by atoms with Crippen LogP contribution in [0.5, 0.6) is 0 Å². The smallest absolute Gasteiger partial charge is 0.161 e. The van der Waals surface area contributed by atoms with E-state index in [1.165, 1.54) is 23.5 Å². The lowest BCUT2D eigenvalue weighted by molar-refractivity contribution is 0.628. The van der Waals surface area contributed by atoms with Crippen LogP contribution in [-0.2, 0) is 0 Å². The molecule has 2 heterocycles. The zero-order valence-corrected chi connectivity index (χ0v) is 12.1. The molecule has 0 amide bonds. The van der Waals surface area contributed by atoms with Gasteiger partial charge in [0.25, 0.3) is 0 Å². The van der Waals surface area contributed by atoms with E-state index in [0.29, 0.717) is 16.5 Å². The highest BCUT2D eigenvalue weighted by Crippen LogP contribution is 2.32. The molecule has 0 fully saturated rings. The Morgan fingerprint density at radius 1 is 1.21 bits per heavy atom. The lowest BCUT2D eigenvalue weighted by atomic mass is 10.2. The maximum absolute atomic E-state index is 13.5. The normalized spacial score (nSPS) is 11.2. The van der Waals surface area contributed by atoms with Gasteiger partial charge in [-0.15, -0.1) is 11.3 Å². The van der Waals surface area contributed by atoms with Crippen LogP contribution in [0.3, 0.4) is 0 Å². The second kappa shape index (κ2) is 4.71. The highest BCUT2D eigenvalue weighted by atomic mass is 35.5. The minimum Gasteiger partial charge on any atom is -0.227 e. The van der Waals surface area contributed by atoms with E-state index in [1.807, 2.05) is 12.3 Å². The molecule has 0 aliphatic carbocycles. The topological polar surface area (TPSA) is 25.8 Å².